The fourth-order valence-corrected chi connectivity index (χ4v) is 3.69. The molecule has 1 unspecified atom stereocenters. The molecule has 0 fully saturated rings. The summed E-state index contributed by atoms with van der Waals surface area (Å²) in [6.45, 7) is 1.40. The first-order valence-electron chi connectivity index (χ1n) is 7.65. The van der Waals surface area contributed by atoms with Gasteiger partial charge in [0.2, 0.25) is 5.91 Å². The Labute approximate surface area is 156 Å². The molecule has 0 saturated heterocycles. The summed E-state index contributed by atoms with van der Waals surface area (Å²) in [5.41, 5.74) is 1.93. The molecule has 0 aliphatic rings. The number of fused-ring (bicyclic) bond motifs is 1. The molecule has 2 aromatic heterocycles. The topological polar surface area (TPSA) is 79.2 Å². The van der Waals surface area contributed by atoms with Gasteiger partial charge in [-0.1, -0.05) is 15.9 Å². The summed E-state index contributed by atoms with van der Waals surface area (Å²) in [6.07, 6.45) is 4.07. The molecule has 2 heterocycles. The Morgan fingerprint density at radius 3 is 2.92 bits per heavy atom. The van der Waals surface area contributed by atoms with Crippen LogP contribution in [0.2, 0.25) is 0 Å². The molecule has 0 saturated carbocycles. The Morgan fingerprint density at radius 2 is 2.24 bits per heavy atom. The molecule has 0 spiro atoms. The van der Waals surface area contributed by atoms with Gasteiger partial charge in [0.15, 0.2) is 4.80 Å². The van der Waals surface area contributed by atoms with E-state index in [-0.39, 0.29) is 11.8 Å². The molecule has 3 rings (SSSR count). The van der Waals surface area contributed by atoms with Crippen molar-refractivity contribution in [2.24, 2.45) is 12.0 Å². The monoisotopic (exact) mass is 420 g/mol. The predicted molar refractivity (Wildman–Crippen MR) is 101 cm³/mol. The molecule has 130 valence electrons. The van der Waals surface area contributed by atoms with Crippen molar-refractivity contribution in [3.63, 3.8) is 0 Å². The summed E-state index contributed by atoms with van der Waals surface area (Å²) < 4.78 is 2.73. The van der Waals surface area contributed by atoms with Crippen LogP contribution >= 0.6 is 27.3 Å². The van der Waals surface area contributed by atoms with Crippen molar-refractivity contribution in [1.82, 2.24) is 14.9 Å². The SMILES string of the molecule is CC(=O)NC(Cc1c[nH]c2ccc(Br)cc12)C(=O)N=c1sccn1C. The van der Waals surface area contributed by atoms with Crippen LogP contribution in [-0.2, 0) is 23.1 Å². The number of nitrogens with zero attached hydrogens (tertiary/aromatic N) is 2. The van der Waals surface area contributed by atoms with Crippen LogP contribution < -0.4 is 10.1 Å². The number of aromatic amines is 1. The maximum absolute atomic E-state index is 12.6. The van der Waals surface area contributed by atoms with E-state index >= 15 is 0 Å². The van der Waals surface area contributed by atoms with Crippen LogP contribution in [0.15, 0.2) is 45.4 Å². The average Bonchev–Trinajstić information content (AvgIpc) is 3.13. The van der Waals surface area contributed by atoms with Gasteiger partial charge in [-0.3, -0.25) is 9.59 Å². The smallest absolute Gasteiger partial charge is 0.271 e. The summed E-state index contributed by atoms with van der Waals surface area (Å²) in [7, 11) is 1.83. The number of aryl methyl sites for hydroxylation is 1. The molecule has 0 bridgehead atoms. The van der Waals surface area contributed by atoms with Crippen molar-refractivity contribution in [2.75, 3.05) is 0 Å². The Bertz CT molecular complexity index is 1000. The van der Waals surface area contributed by atoms with Gasteiger partial charge in [0, 0.05) is 53.5 Å². The van der Waals surface area contributed by atoms with Crippen LogP contribution in [-0.4, -0.2) is 27.4 Å². The van der Waals surface area contributed by atoms with Crippen molar-refractivity contribution in [3.8, 4) is 0 Å². The van der Waals surface area contributed by atoms with Crippen LogP contribution in [0.1, 0.15) is 12.5 Å². The number of halogens is 1. The molecule has 1 aromatic carbocycles. The number of amides is 2. The van der Waals surface area contributed by atoms with Gasteiger partial charge in [-0.2, -0.15) is 4.99 Å². The van der Waals surface area contributed by atoms with Crippen LogP contribution in [0.25, 0.3) is 10.9 Å². The Kier molecular flexibility index (Phi) is 5.19. The van der Waals surface area contributed by atoms with Crippen molar-refractivity contribution in [2.45, 2.75) is 19.4 Å². The molecule has 3 aromatic rings. The summed E-state index contributed by atoms with van der Waals surface area (Å²) in [6, 6.07) is 5.20. The minimum Gasteiger partial charge on any atom is -0.361 e. The zero-order chi connectivity index (χ0) is 18.0. The second-order valence-electron chi connectivity index (χ2n) is 5.71. The van der Waals surface area contributed by atoms with Gasteiger partial charge in [-0.05, 0) is 23.8 Å². The third kappa shape index (κ3) is 4.08. The number of carbonyl (C=O) groups is 2. The Morgan fingerprint density at radius 1 is 1.44 bits per heavy atom. The summed E-state index contributed by atoms with van der Waals surface area (Å²) >= 11 is 4.84. The van der Waals surface area contributed by atoms with Gasteiger partial charge in [0.25, 0.3) is 5.91 Å². The molecule has 25 heavy (non-hydrogen) atoms. The lowest BCUT2D eigenvalue weighted by atomic mass is 10.0. The highest BCUT2D eigenvalue weighted by Gasteiger charge is 2.21. The van der Waals surface area contributed by atoms with Crippen molar-refractivity contribution in [1.29, 1.82) is 0 Å². The number of hydrogen-bond acceptors (Lipinski definition) is 3. The Balaban J connectivity index is 1.93. The fourth-order valence-electron chi connectivity index (χ4n) is 2.59. The molecule has 0 aliphatic carbocycles. The van der Waals surface area contributed by atoms with Crippen LogP contribution in [0, 0.1) is 0 Å². The van der Waals surface area contributed by atoms with Gasteiger partial charge in [-0.15, -0.1) is 11.3 Å². The van der Waals surface area contributed by atoms with E-state index in [1.807, 2.05) is 43.0 Å². The number of carbonyl (C=O) groups excluding carboxylic acids is 2. The molecule has 6 nitrogen and oxygen atoms in total. The lowest BCUT2D eigenvalue weighted by Crippen LogP contribution is -2.41. The van der Waals surface area contributed by atoms with E-state index in [1.54, 1.807) is 4.57 Å². The molecule has 1 atom stereocenters. The first-order valence-corrected chi connectivity index (χ1v) is 9.32. The second-order valence-corrected chi connectivity index (χ2v) is 7.50. The van der Waals surface area contributed by atoms with Gasteiger partial charge in [-0.25, -0.2) is 0 Å². The average molecular weight is 421 g/mol. The van der Waals surface area contributed by atoms with Gasteiger partial charge in [0.1, 0.15) is 6.04 Å². The van der Waals surface area contributed by atoms with Gasteiger partial charge >= 0.3 is 0 Å². The normalized spacial score (nSPS) is 13.2. The van der Waals surface area contributed by atoms with Crippen LogP contribution in [0.4, 0.5) is 0 Å². The first kappa shape index (κ1) is 17.6. The van der Waals surface area contributed by atoms with Gasteiger partial charge < -0.3 is 14.9 Å². The van der Waals surface area contributed by atoms with Crippen molar-refractivity contribution < 1.29 is 9.59 Å². The van der Waals surface area contributed by atoms with Crippen molar-refractivity contribution >= 4 is 50.0 Å². The van der Waals surface area contributed by atoms with E-state index in [9.17, 15) is 9.59 Å². The van der Waals surface area contributed by atoms with Gasteiger partial charge in [0.05, 0.1) is 0 Å². The number of benzene rings is 1. The third-order valence-electron chi connectivity index (χ3n) is 3.79. The van der Waals surface area contributed by atoms with Crippen LogP contribution in [0.3, 0.4) is 0 Å². The maximum Gasteiger partial charge on any atom is 0.271 e. The number of thiazole rings is 1. The number of H-pyrrole nitrogens is 1. The largest absolute Gasteiger partial charge is 0.361 e. The van der Waals surface area contributed by atoms with E-state index < -0.39 is 6.04 Å². The highest BCUT2D eigenvalue weighted by molar-refractivity contribution is 9.10. The molecule has 2 amide bonds. The van der Waals surface area contributed by atoms with E-state index in [1.165, 1.54) is 18.3 Å². The number of hydrogen-bond donors (Lipinski definition) is 2. The van der Waals surface area contributed by atoms with E-state index in [4.69, 9.17) is 0 Å². The molecular formula is C17H17BrN4O2S. The number of rotatable bonds is 4. The fraction of sp³-hybridized carbons (Fsp3) is 0.235. The molecule has 8 heteroatoms. The minimum absolute atomic E-state index is 0.259. The first-order chi connectivity index (χ1) is 11.9. The highest BCUT2D eigenvalue weighted by atomic mass is 79.9. The van der Waals surface area contributed by atoms with Crippen LogP contribution in [0.5, 0.6) is 0 Å². The molecule has 0 radical (unpaired) electrons. The molecule has 2 N–H and O–H groups in total. The second kappa shape index (κ2) is 7.37. The third-order valence-corrected chi connectivity index (χ3v) is 5.14. The summed E-state index contributed by atoms with van der Waals surface area (Å²) in [5.74, 6) is -0.622. The standard InChI is InChI=1S/C17H17BrN4O2S/c1-10(23)20-15(16(24)21-17-22(2)5-6-25-17)7-11-9-19-14-4-3-12(18)8-13(11)14/h3-6,8-9,15,19H,7H2,1-2H3,(H,20,23). The zero-order valence-electron chi connectivity index (χ0n) is 13.7. The highest BCUT2D eigenvalue weighted by Crippen LogP contribution is 2.23. The predicted octanol–water partition coefficient (Wildman–Crippen LogP) is 2.51. The van der Waals surface area contributed by atoms with E-state index in [0.717, 1.165) is 20.9 Å². The van der Waals surface area contributed by atoms with E-state index in [2.05, 4.69) is 31.2 Å². The Hall–Kier alpha value is -2.19. The lowest BCUT2D eigenvalue weighted by molar-refractivity contribution is -0.126. The van der Waals surface area contributed by atoms with Crippen molar-refractivity contribution in [3.05, 3.63) is 50.8 Å². The quantitative estimate of drug-likeness (QED) is 0.679. The number of nitrogens with one attached hydrogen (secondary N) is 2. The van der Waals surface area contributed by atoms with E-state index in [0.29, 0.717) is 11.2 Å². The molecule has 0 aliphatic heterocycles. The zero-order valence-corrected chi connectivity index (χ0v) is 16.1. The lowest BCUT2D eigenvalue weighted by Gasteiger charge is -2.13. The summed E-state index contributed by atoms with van der Waals surface area (Å²) in [4.78, 5) is 32.1. The number of aromatic nitrogens is 2. The minimum atomic E-state index is -0.711. The molecular weight excluding hydrogens is 404 g/mol. The summed E-state index contributed by atoms with van der Waals surface area (Å²) in [5, 5.41) is 5.59. The maximum atomic E-state index is 12.6.